The van der Waals surface area contributed by atoms with Crippen molar-refractivity contribution >= 4 is 12.0 Å². The maximum absolute atomic E-state index is 11.3. The first-order valence-corrected chi connectivity index (χ1v) is 9.53. The van der Waals surface area contributed by atoms with Crippen LogP contribution in [0.4, 0.5) is 5.69 Å². The van der Waals surface area contributed by atoms with E-state index in [0.29, 0.717) is 17.8 Å². The molecule has 0 spiro atoms. The van der Waals surface area contributed by atoms with E-state index in [1.54, 1.807) is 18.5 Å². The Morgan fingerprint density at radius 1 is 1.24 bits per heavy atom. The highest BCUT2D eigenvalue weighted by molar-refractivity contribution is 5.87. The van der Waals surface area contributed by atoms with Gasteiger partial charge in [0.25, 0.3) is 0 Å². The van der Waals surface area contributed by atoms with Gasteiger partial charge in [0.15, 0.2) is 6.29 Å². The van der Waals surface area contributed by atoms with Crippen LogP contribution in [0.1, 0.15) is 40.5 Å². The van der Waals surface area contributed by atoms with Gasteiger partial charge in [-0.25, -0.2) is 0 Å². The molecule has 0 bridgehead atoms. The molecule has 1 aromatic heterocycles. The molecule has 1 aliphatic rings. The number of para-hydroxylation sites is 1. The van der Waals surface area contributed by atoms with E-state index in [1.807, 2.05) is 29.8 Å². The molecule has 2 heterocycles. The van der Waals surface area contributed by atoms with Crippen molar-refractivity contribution in [2.24, 2.45) is 7.05 Å². The third-order valence-electron chi connectivity index (χ3n) is 5.54. The third-order valence-corrected chi connectivity index (χ3v) is 5.54. The fourth-order valence-corrected chi connectivity index (χ4v) is 4.05. The van der Waals surface area contributed by atoms with Crippen LogP contribution in [0.5, 0.6) is 5.75 Å². The summed E-state index contributed by atoms with van der Waals surface area (Å²) in [5.74, 6) is 1.28. The summed E-state index contributed by atoms with van der Waals surface area (Å²) in [7, 11) is 1.96. The van der Waals surface area contributed by atoms with E-state index in [2.05, 4.69) is 21.2 Å². The van der Waals surface area contributed by atoms with Crippen LogP contribution in [0.15, 0.2) is 42.7 Å². The van der Waals surface area contributed by atoms with Gasteiger partial charge < -0.3 is 14.6 Å². The zero-order chi connectivity index (χ0) is 20.4. The average molecular weight is 387 g/mol. The number of carbonyl (C=O) groups excluding carboxylic acids is 1. The van der Waals surface area contributed by atoms with Crippen LogP contribution in [0.3, 0.4) is 0 Å². The molecule has 146 valence electrons. The first kappa shape index (κ1) is 18.7. The number of hydrogen-bond donors (Lipinski definition) is 1. The van der Waals surface area contributed by atoms with Crippen molar-refractivity contribution in [3.8, 4) is 22.9 Å². The van der Waals surface area contributed by atoms with Gasteiger partial charge in [0.05, 0.1) is 16.8 Å². The summed E-state index contributed by atoms with van der Waals surface area (Å²) in [6.07, 6.45) is 4.20. The van der Waals surface area contributed by atoms with Gasteiger partial charge in [-0.05, 0) is 36.6 Å². The molecule has 1 fully saturated rings. The summed E-state index contributed by atoms with van der Waals surface area (Å²) in [4.78, 5) is 13.5. The van der Waals surface area contributed by atoms with E-state index in [-0.39, 0.29) is 11.3 Å². The van der Waals surface area contributed by atoms with Crippen LogP contribution in [-0.2, 0) is 7.05 Å². The maximum atomic E-state index is 11.3. The van der Waals surface area contributed by atoms with Crippen molar-refractivity contribution < 1.29 is 9.90 Å². The predicted octanol–water partition coefficient (Wildman–Crippen LogP) is 3.26. The van der Waals surface area contributed by atoms with Gasteiger partial charge in [0.1, 0.15) is 24.0 Å². The quantitative estimate of drug-likeness (QED) is 0.691. The molecule has 7 heteroatoms. The highest BCUT2D eigenvalue weighted by Gasteiger charge is 2.26. The Hall–Kier alpha value is -3.66. The Morgan fingerprint density at radius 2 is 2.03 bits per heavy atom. The number of aldehydes is 1. The molecule has 1 aliphatic heterocycles. The lowest BCUT2D eigenvalue weighted by molar-refractivity contribution is 0.112. The van der Waals surface area contributed by atoms with Crippen LogP contribution >= 0.6 is 0 Å². The van der Waals surface area contributed by atoms with Gasteiger partial charge in [-0.2, -0.15) is 5.26 Å². The minimum Gasteiger partial charge on any atom is -0.507 e. The predicted molar refractivity (Wildman–Crippen MR) is 109 cm³/mol. The standard InChI is InChI=1S/C22H21N5O2/c1-26-14-24-25-22(26)15-7-9-27(10-8-15)21-17(12-23)3-2-4-19(21)16-5-6-20(29)18(11-16)13-28/h2-6,11,13-15,29H,7-10H2,1H3. The van der Waals surface area contributed by atoms with E-state index < -0.39 is 0 Å². The van der Waals surface area contributed by atoms with E-state index in [9.17, 15) is 15.2 Å². The summed E-state index contributed by atoms with van der Waals surface area (Å²) in [6.45, 7) is 1.59. The second kappa shape index (κ2) is 7.76. The average Bonchev–Trinajstić information content (AvgIpc) is 3.19. The van der Waals surface area contributed by atoms with Gasteiger partial charge in [-0.15, -0.1) is 10.2 Å². The van der Waals surface area contributed by atoms with Gasteiger partial charge in [-0.1, -0.05) is 18.2 Å². The summed E-state index contributed by atoms with van der Waals surface area (Å²) >= 11 is 0. The number of aromatic nitrogens is 3. The zero-order valence-corrected chi connectivity index (χ0v) is 16.1. The molecular formula is C22H21N5O2. The lowest BCUT2D eigenvalue weighted by Crippen LogP contribution is -2.34. The first-order valence-electron chi connectivity index (χ1n) is 9.53. The molecule has 0 atom stereocenters. The number of benzene rings is 2. The Morgan fingerprint density at radius 3 is 2.69 bits per heavy atom. The Labute approximate surface area is 168 Å². The third kappa shape index (κ3) is 3.45. The van der Waals surface area contributed by atoms with Crippen molar-refractivity contribution in [3.63, 3.8) is 0 Å². The molecule has 7 nitrogen and oxygen atoms in total. The molecule has 2 aromatic carbocycles. The van der Waals surface area contributed by atoms with Crippen molar-refractivity contribution in [1.29, 1.82) is 5.26 Å². The van der Waals surface area contributed by atoms with Crippen molar-refractivity contribution in [3.05, 3.63) is 59.7 Å². The number of nitriles is 1. The smallest absolute Gasteiger partial charge is 0.153 e. The number of piperidine rings is 1. The molecule has 29 heavy (non-hydrogen) atoms. The Bertz CT molecular complexity index is 1090. The Kier molecular flexibility index (Phi) is 5.00. The largest absolute Gasteiger partial charge is 0.507 e. The number of phenolic OH excluding ortho intramolecular Hbond substituents is 1. The maximum Gasteiger partial charge on any atom is 0.153 e. The normalized spacial score (nSPS) is 14.6. The van der Waals surface area contributed by atoms with Crippen LogP contribution < -0.4 is 4.90 Å². The van der Waals surface area contributed by atoms with Crippen LogP contribution in [0, 0.1) is 11.3 Å². The highest BCUT2D eigenvalue weighted by atomic mass is 16.3. The monoisotopic (exact) mass is 387 g/mol. The Balaban J connectivity index is 1.68. The summed E-state index contributed by atoms with van der Waals surface area (Å²) in [5, 5.41) is 27.8. The second-order valence-corrected chi connectivity index (χ2v) is 7.27. The highest BCUT2D eigenvalue weighted by Crippen LogP contribution is 2.38. The molecular weight excluding hydrogens is 366 g/mol. The van der Waals surface area contributed by atoms with Gasteiger partial charge in [0, 0.05) is 31.6 Å². The molecule has 4 rings (SSSR count). The lowest BCUT2D eigenvalue weighted by Gasteiger charge is -2.35. The van der Waals surface area contributed by atoms with Crippen molar-refractivity contribution in [2.45, 2.75) is 18.8 Å². The molecule has 0 unspecified atom stereocenters. The SMILES string of the molecule is Cn1cnnc1C1CCN(c2c(C#N)cccc2-c2ccc(O)c(C=O)c2)CC1. The number of hydrogen-bond acceptors (Lipinski definition) is 6. The van der Waals surface area contributed by atoms with E-state index in [4.69, 9.17) is 0 Å². The first-order chi connectivity index (χ1) is 14.1. The summed E-state index contributed by atoms with van der Waals surface area (Å²) < 4.78 is 1.96. The van der Waals surface area contributed by atoms with Gasteiger partial charge in [-0.3, -0.25) is 4.79 Å². The van der Waals surface area contributed by atoms with Gasteiger partial charge >= 0.3 is 0 Å². The second-order valence-electron chi connectivity index (χ2n) is 7.27. The molecule has 0 amide bonds. The molecule has 3 aromatic rings. The molecule has 0 radical (unpaired) electrons. The van der Waals surface area contributed by atoms with Gasteiger partial charge in [0.2, 0.25) is 0 Å². The van der Waals surface area contributed by atoms with E-state index >= 15 is 0 Å². The minimum atomic E-state index is -0.0498. The summed E-state index contributed by atoms with van der Waals surface area (Å²) in [5.41, 5.74) is 3.38. The number of nitrogens with zero attached hydrogens (tertiary/aromatic N) is 5. The topological polar surface area (TPSA) is 95.0 Å². The fourth-order valence-electron chi connectivity index (χ4n) is 4.05. The summed E-state index contributed by atoms with van der Waals surface area (Å²) in [6, 6.07) is 12.9. The van der Waals surface area contributed by atoms with E-state index in [1.165, 1.54) is 6.07 Å². The van der Waals surface area contributed by atoms with E-state index in [0.717, 1.165) is 48.6 Å². The molecule has 1 N–H and O–H groups in total. The molecule has 1 saturated heterocycles. The molecule has 0 saturated carbocycles. The van der Waals surface area contributed by atoms with Crippen molar-refractivity contribution in [1.82, 2.24) is 14.8 Å². The number of rotatable bonds is 4. The zero-order valence-electron chi connectivity index (χ0n) is 16.1. The number of aryl methyl sites for hydroxylation is 1. The number of phenols is 1. The van der Waals surface area contributed by atoms with Crippen molar-refractivity contribution in [2.75, 3.05) is 18.0 Å². The van der Waals surface area contributed by atoms with Crippen LogP contribution in [-0.4, -0.2) is 39.2 Å². The van der Waals surface area contributed by atoms with Crippen LogP contribution in [0.25, 0.3) is 11.1 Å². The number of anilines is 1. The fraction of sp³-hybridized carbons (Fsp3) is 0.273. The lowest BCUT2D eigenvalue weighted by atomic mass is 9.92. The number of aromatic hydroxyl groups is 1. The number of carbonyl (C=O) groups is 1. The minimum absolute atomic E-state index is 0.0498. The van der Waals surface area contributed by atoms with Crippen LogP contribution in [0.2, 0.25) is 0 Å². The molecule has 0 aliphatic carbocycles.